The maximum absolute atomic E-state index is 12.5. The number of rotatable bonds is 3. The van der Waals surface area contributed by atoms with Gasteiger partial charge in [0.2, 0.25) is 0 Å². The number of likely N-dealkylation sites (tertiary alicyclic amines) is 1. The molecule has 0 N–H and O–H groups in total. The number of hydrogen-bond donors (Lipinski definition) is 0. The molecule has 2 atom stereocenters. The van der Waals surface area contributed by atoms with E-state index in [-0.39, 0.29) is 18.1 Å². The minimum absolute atomic E-state index is 0.107. The van der Waals surface area contributed by atoms with Gasteiger partial charge >= 0.3 is 0 Å². The van der Waals surface area contributed by atoms with E-state index in [0.717, 1.165) is 19.4 Å². The van der Waals surface area contributed by atoms with Crippen LogP contribution in [0.15, 0.2) is 18.3 Å². The first-order chi connectivity index (χ1) is 9.15. The lowest BCUT2D eigenvalue weighted by Crippen LogP contribution is -2.41. The molecule has 0 aliphatic carbocycles. The van der Waals surface area contributed by atoms with Crippen LogP contribution in [0.25, 0.3) is 0 Å². The Balaban J connectivity index is 2.26. The summed E-state index contributed by atoms with van der Waals surface area (Å²) >= 11 is 0. The molecule has 0 spiro atoms. The second-order valence-corrected chi connectivity index (χ2v) is 5.32. The molecule has 1 aromatic rings. The average Bonchev–Trinajstić information content (AvgIpc) is 2.70. The normalized spacial score (nSPS) is 22.1. The summed E-state index contributed by atoms with van der Waals surface area (Å²) in [6.45, 7) is 2.66. The molecule has 4 heteroatoms. The Hall–Kier alpha value is -1.29. The van der Waals surface area contributed by atoms with Crippen LogP contribution >= 0.6 is 0 Å². The van der Waals surface area contributed by atoms with Crippen LogP contribution in [0.5, 0.6) is 0 Å². The van der Waals surface area contributed by atoms with Gasteiger partial charge in [0.25, 0.3) is 5.91 Å². The zero-order valence-corrected chi connectivity index (χ0v) is 12.1. The van der Waals surface area contributed by atoms with Crippen LogP contribution in [0, 0.1) is 0 Å². The Labute approximate surface area is 115 Å². The van der Waals surface area contributed by atoms with Crippen LogP contribution in [-0.2, 0) is 16.6 Å². The molecule has 0 aromatic carbocycles. The van der Waals surface area contributed by atoms with Gasteiger partial charge in [-0.15, -0.1) is 0 Å². The van der Waals surface area contributed by atoms with Gasteiger partial charge in [-0.2, -0.15) is 0 Å². The number of carbonyl (C=O) groups excluding carboxylic acids is 1. The fourth-order valence-electron chi connectivity index (χ4n) is 2.83. The number of nitrogens with zero attached hydrogens (tertiary/aromatic N) is 2. The van der Waals surface area contributed by atoms with Gasteiger partial charge < -0.3 is 14.2 Å². The lowest BCUT2D eigenvalue weighted by Gasteiger charge is -2.32. The second-order valence-electron chi connectivity index (χ2n) is 5.32. The van der Waals surface area contributed by atoms with Crippen molar-refractivity contribution in [2.45, 2.75) is 44.8 Å². The van der Waals surface area contributed by atoms with E-state index in [0.29, 0.717) is 0 Å². The van der Waals surface area contributed by atoms with Crippen LogP contribution in [0.3, 0.4) is 0 Å². The minimum atomic E-state index is -0.360. The Morgan fingerprint density at radius 3 is 2.84 bits per heavy atom. The summed E-state index contributed by atoms with van der Waals surface area (Å²) in [5.41, 5.74) is 1.22. The van der Waals surface area contributed by atoms with Crippen molar-refractivity contribution in [1.29, 1.82) is 0 Å². The number of ether oxygens (including phenoxy) is 1. The Bertz CT molecular complexity index is 428. The predicted octanol–water partition coefficient (Wildman–Crippen LogP) is 2.50. The van der Waals surface area contributed by atoms with Crippen molar-refractivity contribution in [3.63, 3.8) is 0 Å². The average molecular weight is 264 g/mol. The van der Waals surface area contributed by atoms with Gasteiger partial charge in [0.1, 0.15) is 6.10 Å². The maximum atomic E-state index is 12.5. The van der Waals surface area contributed by atoms with Gasteiger partial charge in [-0.3, -0.25) is 4.79 Å². The van der Waals surface area contributed by atoms with Crippen LogP contribution < -0.4 is 0 Å². The first-order valence-electron chi connectivity index (χ1n) is 7.09. The van der Waals surface area contributed by atoms with E-state index < -0.39 is 0 Å². The summed E-state index contributed by atoms with van der Waals surface area (Å²) < 4.78 is 7.32. The highest BCUT2D eigenvalue weighted by Crippen LogP contribution is 2.30. The van der Waals surface area contributed by atoms with Crippen molar-refractivity contribution in [2.24, 2.45) is 7.05 Å². The highest BCUT2D eigenvalue weighted by Gasteiger charge is 2.30. The number of carbonyl (C=O) groups is 1. The molecule has 106 valence electrons. The summed E-state index contributed by atoms with van der Waals surface area (Å²) in [7, 11) is 3.64. The Morgan fingerprint density at radius 1 is 1.42 bits per heavy atom. The molecular formula is C15H24N2O2. The van der Waals surface area contributed by atoms with Crippen molar-refractivity contribution in [3.8, 4) is 0 Å². The molecule has 1 fully saturated rings. The molecule has 0 unspecified atom stereocenters. The third-order valence-electron chi connectivity index (χ3n) is 4.06. The zero-order chi connectivity index (χ0) is 13.8. The molecule has 2 rings (SSSR count). The van der Waals surface area contributed by atoms with E-state index in [1.165, 1.54) is 18.5 Å². The topological polar surface area (TPSA) is 34.5 Å². The molecule has 1 amide bonds. The SMILES string of the molecule is CO[C@@H](C)C(=O)N1CCCCC[C@@H]1c1cccn1C. The van der Waals surface area contributed by atoms with Crippen molar-refractivity contribution < 1.29 is 9.53 Å². The summed E-state index contributed by atoms with van der Waals surface area (Å²) in [5, 5.41) is 0. The van der Waals surface area contributed by atoms with Gasteiger partial charge in [-0.05, 0) is 31.9 Å². The van der Waals surface area contributed by atoms with Crippen molar-refractivity contribution >= 4 is 5.91 Å². The number of aromatic nitrogens is 1. The monoisotopic (exact) mass is 264 g/mol. The van der Waals surface area contributed by atoms with Crippen LogP contribution in [0.4, 0.5) is 0 Å². The zero-order valence-electron chi connectivity index (χ0n) is 12.1. The van der Waals surface area contributed by atoms with Crippen LogP contribution in [0.1, 0.15) is 44.3 Å². The molecule has 0 radical (unpaired) electrons. The molecule has 2 heterocycles. The van der Waals surface area contributed by atoms with Gasteiger partial charge in [0, 0.05) is 32.6 Å². The van der Waals surface area contributed by atoms with E-state index in [1.807, 2.05) is 31.1 Å². The van der Waals surface area contributed by atoms with Crippen LogP contribution in [-0.4, -0.2) is 35.1 Å². The lowest BCUT2D eigenvalue weighted by molar-refractivity contribution is -0.143. The first-order valence-corrected chi connectivity index (χ1v) is 7.09. The number of methoxy groups -OCH3 is 1. The number of hydrogen-bond acceptors (Lipinski definition) is 2. The predicted molar refractivity (Wildman–Crippen MR) is 74.8 cm³/mol. The molecule has 1 aliphatic rings. The molecule has 1 aliphatic heterocycles. The summed E-state index contributed by atoms with van der Waals surface area (Å²) in [4.78, 5) is 14.5. The highest BCUT2D eigenvalue weighted by molar-refractivity contribution is 5.81. The molecule has 19 heavy (non-hydrogen) atoms. The van der Waals surface area contributed by atoms with Crippen molar-refractivity contribution in [2.75, 3.05) is 13.7 Å². The minimum Gasteiger partial charge on any atom is -0.372 e. The quantitative estimate of drug-likeness (QED) is 0.840. The summed E-state index contributed by atoms with van der Waals surface area (Å²) in [5.74, 6) is 0.107. The molecular weight excluding hydrogens is 240 g/mol. The maximum Gasteiger partial charge on any atom is 0.251 e. The molecule has 0 bridgehead atoms. The molecule has 1 aromatic heterocycles. The number of amides is 1. The van der Waals surface area contributed by atoms with Crippen molar-refractivity contribution in [3.05, 3.63) is 24.0 Å². The van der Waals surface area contributed by atoms with Gasteiger partial charge in [-0.25, -0.2) is 0 Å². The van der Waals surface area contributed by atoms with E-state index >= 15 is 0 Å². The third kappa shape index (κ3) is 3.00. The first kappa shape index (κ1) is 14.1. The molecule has 4 nitrogen and oxygen atoms in total. The van der Waals surface area contributed by atoms with E-state index in [9.17, 15) is 4.79 Å². The second kappa shape index (κ2) is 6.24. The third-order valence-corrected chi connectivity index (χ3v) is 4.06. The van der Waals surface area contributed by atoms with E-state index in [2.05, 4.69) is 10.6 Å². The largest absolute Gasteiger partial charge is 0.372 e. The highest BCUT2D eigenvalue weighted by atomic mass is 16.5. The molecule has 0 saturated carbocycles. The van der Waals surface area contributed by atoms with Gasteiger partial charge in [0.05, 0.1) is 6.04 Å². The van der Waals surface area contributed by atoms with E-state index in [4.69, 9.17) is 4.74 Å². The fraction of sp³-hybridized carbons (Fsp3) is 0.667. The number of aryl methyl sites for hydroxylation is 1. The van der Waals surface area contributed by atoms with Crippen LogP contribution in [0.2, 0.25) is 0 Å². The fourth-order valence-corrected chi connectivity index (χ4v) is 2.83. The van der Waals surface area contributed by atoms with Gasteiger partial charge in [0.15, 0.2) is 0 Å². The van der Waals surface area contributed by atoms with Gasteiger partial charge in [-0.1, -0.05) is 12.8 Å². The van der Waals surface area contributed by atoms with Crippen molar-refractivity contribution in [1.82, 2.24) is 9.47 Å². The van der Waals surface area contributed by atoms with E-state index in [1.54, 1.807) is 7.11 Å². The lowest BCUT2D eigenvalue weighted by atomic mass is 10.1. The Morgan fingerprint density at radius 2 is 2.21 bits per heavy atom. The Kier molecular flexibility index (Phi) is 4.64. The molecule has 1 saturated heterocycles. The summed E-state index contributed by atoms with van der Waals surface area (Å²) in [6, 6.07) is 4.35. The standard InChI is InChI=1S/C15H24N2O2/c1-12(19-3)15(18)17-11-6-4-5-8-14(17)13-9-7-10-16(13)2/h7,9-10,12,14H,4-6,8,11H2,1-3H3/t12-,14+/m0/s1. The summed E-state index contributed by atoms with van der Waals surface area (Å²) in [6.07, 6.45) is 6.19. The smallest absolute Gasteiger partial charge is 0.251 e.